The Morgan fingerprint density at radius 2 is 1.77 bits per heavy atom. The second kappa shape index (κ2) is 6.36. The third-order valence-electron chi connectivity index (χ3n) is 3.28. The molecule has 0 aliphatic heterocycles. The number of hydrogen-bond acceptors (Lipinski definition) is 3. The second-order valence-electron chi connectivity index (χ2n) is 4.83. The third-order valence-corrected chi connectivity index (χ3v) is 3.28. The van der Waals surface area contributed by atoms with E-state index in [-0.39, 0.29) is 5.82 Å². The molecular weight excluding hydrogens is 285 g/mol. The predicted octanol–water partition coefficient (Wildman–Crippen LogP) is 1.67. The van der Waals surface area contributed by atoms with Crippen LogP contribution in [0.25, 0.3) is 5.69 Å². The fourth-order valence-corrected chi connectivity index (χ4v) is 2.16. The molecule has 2 aromatic carbocycles. The van der Waals surface area contributed by atoms with Gasteiger partial charge < -0.3 is 5.32 Å². The van der Waals surface area contributed by atoms with E-state index in [0.717, 1.165) is 11.3 Å². The normalized spacial score (nSPS) is 10.8. The Balaban J connectivity index is 1.72. The lowest BCUT2D eigenvalue weighted by Crippen LogP contribution is -2.40. The van der Waals surface area contributed by atoms with E-state index in [1.54, 1.807) is 16.8 Å². The number of rotatable bonds is 5. The molecule has 2 N–H and O–H groups in total. The Bertz CT molecular complexity index is 794. The SMILES string of the molecule is O=c1o[nH][n+](-c2ccccc2)c1CNCc1ccc(F)cc1. The minimum absolute atomic E-state index is 0.267. The van der Waals surface area contributed by atoms with Gasteiger partial charge in [0.05, 0.1) is 6.54 Å². The van der Waals surface area contributed by atoms with Crippen molar-refractivity contribution in [3.05, 3.63) is 82.1 Å². The maximum absolute atomic E-state index is 12.8. The van der Waals surface area contributed by atoms with Crippen molar-refractivity contribution < 1.29 is 13.6 Å². The summed E-state index contributed by atoms with van der Waals surface area (Å²) in [6.07, 6.45) is 0. The van der Waals surface area contributed by atoms with Crippen molar-refractivity contribution in [1.82, 2.24) is 10.6 Å². The van der Waals surface area contributed by atoms with Gasteiger partial charge in [-0.3, -0.25) is 4.52 Å². The van der Waals surface area contributed by atoms with Crippen molar-refractivity contribution in [2.24, 2.45) is 0 Å². The summed E-state index contributed by atoms with van der Waals surface area (Å²) in [5, 5.41) is 5.74. The van der Waals surface area contributed by atoms with Crippen molar-refractivity contribution in [3.63, 3.8) is 0 Å². The van der Waals surface area contributed by atoms with Gasteiger partial charge in [0.15, 0.2) is 0 Å². The quantitative estimate of drug-likeness (QED) is 0.705. The number of hydrogen-bond donors (Lipinski definition) is 2. The van der Waals surface area contributed by atoms with E-state index >= 15 is 0 Å². The van der Waals surface area contributed by atoms with Gasteiger partial charge in [0.2, 0.25) is 5.69 Å². The number of aromatic nitrogens is 2. The Morgan fingerprint density at radius 1 is 1.05 bits per heavy atom. The van der Waals surface area contributed by atoms with Crippen LogP contribution < -0.4 is 15.6 Å². The Morgan fingerprint density at radius 3 is 2.50 bits per heavy atom. The maximum Gasteiger partial charge on any atom is 0.431 e. The first kappa shape index (κ1) is 14.2. The summed E-state index contributed by atoms with van der Waals surface area (Å²) < 4.78 is 19.3. The zero-order valence-corrected chi connectivity index (χ0v) is 11.8. The fourth-order valence-electron chi connectivity index (χ4n) is 2.16. The van der Waals surface area contributed by atoms with Gasteiger partial charge in [0, 0.05) is 18.7 Å². The van der Waals surface area contributed by atoms with Gasteiger partial charge in [-0.15, -0.1) is 0 Å². The molecule has 1 heterocycles. The van der Waals surface area contributed by atoms with Crippen molar-refractivity contribution in [3.8, 4) is 5.69 Å². The van der Waals surface area contributed by atoms with Crippen molar-refractivity contribution in [2.45, 2.75) is 13.1 Å². The van der Waals surface area contributed by atoms with Crippen LogP contribution in [0.4, 0.5) is 4.39 Å². The van der Waals surface area contributed by atoms with E-state index in [9.17, 15) is 9.18 Å². The van der Waals surface area contributed by atoms with Crippen LogP contribution in [0.3, 0.4) is 0 Å². The summed E-state index contributed by atoms with van der Waals surface area (Å²) >= 11 is 0. The summed E-state index contributed by atoms with van der Waals surface area (Å²) in [4.78, 5) is 11.8. The van der Waals surface area contributed by atoms with E-state index in [2.05, 4.69) is 10.6 Å². The largest absolute Gasteiger partial charge is 0.431 e. The van der Waals surface area contributed by atoms with Crippen LogP contribution in [0.2, 0.25) is 0 Å². The first-order valence-electron chi connectivity index (χ1n) is 6.87. The third kappa shape index (κ3) is 3.12. The van der Waals surface area contributed by atoms with Crippen molar-refractivity contribution in [1.29, 1.82) is 0 Å². The van der Waals surface area contributed by atoms with Crippen LogP contribution in [0.1, 0.15) is 11.3 Å². The highest BCUT2D eigenvalue weighted by molar-refractivity contribution is 5.21. The molecule has 0 unspecified atom stereocenters. The van der Waals surface area contributed by atoms with Crippen LogP contribution in [0.15, 0.2) is 63.9 Å². The van der Waals surface area contributed by atoms with E-state index in [4.69, 9.17) is 4.52 Å². The molecule has 0 atom stereocenters. The van der Waals surface area contributed by atoms with Crippen molar-refractivity contribution in [2.75, 3.05) is 0 Å². The highest BCUT2D eigenvalue weighted by Crippen LogP contribution is 2.02. The van der Waals surface area contributed by atoms with Gasteiger partial charge in [-0.05, 0) is 27.6 Å². The van der Waals surface area contributed by atoms with Crippen LogP contribution >= 0.6 is 0 Å². The number of para-hydroxylation sites is 1. The van der Waals surface area contributed by atoms with Crippen molar-refractivity contribution >= 4 is 0 Å². The van der Waals surface area contributed by atoms with E-state index in [1.807, 2.05) is 30.3 Å². The number of H-pyrrole nitrogens is 1. The smallest absolute Gasteiger partial charge is 0.303 e. The number of aromatic amines is 1. The Labute approximate surface area is 126 Å². The molecule has 112 valence electrons. The molecule has 0 aliphatic rings. The standard InChI is InChI=1S/C16H14FN3O2/c17-13-8-6-12(7-9-13)10-18-11-15-16(21)22-19-20(15)14-4-2-1-3-5-14/h1-9,18H,10-11H2/p+1. The van der Waals surface area contributed by atoms with Crippen LogP contribution in [0.5, 0.6) is 0 Å². The predicted molar refractivity (Wildman–Crippen MR) is 77.8 cm³/mol. The molecule has 0 saturated heterocycles. The lowest BCUT2D eigenvalue weighted by atomic mass is 10.2. The summed E-state index contributed by atoms with van der Waals surface area (Å²) in [6, 6.07) is 15.6. The molecule has 3 rings (SSSR count). The average Bonchev–Trinajstić information content (AvgIpc) is 2.91. The van der Waals surface area contributed by atoms with Gasteiger partial charge in [0.25, 0.3) is 0 Å². The van der Waals surface area contributed by atoms with E-state index in [0.29, 0.717) is 18.8 Å². The van der Waals surface area contributed by atoms with Crippen LogP contribution in [0, 0.1) is 5.82 Å². The summed E-state index contributed by atoms with van der Waals surface area (Å²) in [6.45, 7) is 0.859. The van der Waals surface area contributed by atoms with Gasteiger partial charge in [0.1, 0.15) is 5.82 Å². The lowest BCUT2D eigenvalue weighted by Gasteiger charge is -2.01. The molecule has 0 radical (unpaired) electrons. The summed E-state index contributed by atoms with van der Waals surface area (Å²) in [5.74, 6) is -0.267. The van der Waals surface area contributed by atoms with Gasteiger partial charge >= 0.3 is 11.3 Å². The average molecular weight is 300 g/mol. The maximum atomic E-state index is 12.8. The first-order chi connectivity index (χ1) is 10.7. The Kier molecular flexibility index (Phi) is 4.11. The van der Waals surface area contributed by atoms with E-state index < -0.39 is 5.63 Å². The molecule has 0 amide bonds. The monoisotopic (exact) mass is 300 g/mol. The zero-order valence-electron chi connectivity index (χ0n) is 11.8. The van der Waals surface area contributed by atoms with Gasteiger partial charge in [-0.25, -0.2) is 9.18 Å². The molecule has 22 heavy (non-hydrogen) atoms. The fraction of sp³-hybridized carbons (Fsp3) is 0.125. The molecule has 0 saturated carbocycles. The molecule has 5 nitrogen and oxygen atoms in total. The molecule has 6 heteroatoms. The lowest BCUT2D eigenvalue weighted by molar-refractivity contribution is -0.677. The minimum atomic E-state index is -0.421. The molecule has 1 aromatic heterocycles. The highest BCUT2D eigenvalue weighted by Gasteiger charge is 2.22. The summed E-state index contributed by atoms with van der Waals surface area (Å²) in [5.41, 5.74) is 1.79. The first-order valence-corrected chi connectivity index (χ1v) is 6.87. The topological polar surface area (TPSA) is 61.9 Å². The highest BCUT2D eigenvalue weighted by atomic mass is 19.1. The molecule has 0 spiro atoms. The Hall–Kier alpha value is -2.73. The minimum Gasteiger partial charge on any atom is -0.303 e. The molecule has 0 fully saturated rings. The van der Waals surface area contributed by atoms with Gasteiger partial charge in [-0.2, -0.15) is 0 Å². The van der Waals surface area contributed by atoms with Crippen LogP contribution in [-0.4, -0.2) is 5.27 Å². The van der Waals surface area contributed by atoms with Gasteiger partial charge in [-0.1, -0.05) is 30.3 Å². The molecule has 3 aromatic rings. The van der Waals surface area contributed by atoms with Crippen LogP contribution in [-0.2, 0) is 13.1 Å². The van der Waals surface area contributed by atoms with E-state index in [1.165, 1.54) is 12.1 Å². The second-order valence-corrected chi connectivity index (χ2v) is 4.83. The molecular formula is C16H15FN3O2+. The number of halogens is 1. The number of nitrogens with zero attached hydrogens (tertiary/aromatic N) is 1. The summed E-state index contributed by atoms with van der Waals surface area (Å²) in [7, 11) is 0. The number of nitrogens with one attached hydrogen (secondary N) is 2. The molecule has 0 aliphatic carbocycles. The number of benzene rings is 2. The zero-order chi connectivity index (χ0) is 15.4. The molecule has 0 bridgehead atoms.